The molecule has 0 radical (unpaired) electrons. The summed E-state index contributed by atoms with van der Waals surface area (Å²) in [6.07, 6.45) is 1.31. The van der Waals surface area contributed by atoms with Crippen LogP contribution in [0.1, 0.15) is 11.1 Å². The van der Waals surface area contributed by atoms with Gasteiger partial charge in [-0.25, -0.2) is 4.98 Å². The zero-order valence-corrected chi connectivity index (χ0v) is 10.3. The number of hydrogen-bond acceptors (Lipinski definition) is 4. The Morgan fingerprint density at radius 3 is 2.79 bits per heavy atom. The van der Waals surface area contributed by atoms with Crippen LogP contribution in [0, 0.1) is 17.3 Å². The summed E-state index contributed by atoms with van der Waals surface area (Å²) in [5.41, 5.74) is 1.27. The van der Waals surface area contributed by atoms with E-state index in [0.29, 0.717) is 17.1 Å². The molecule has 0 aliphatic heterocycles. The Kier molecular flexibility index (Phi) is 3.94. The van der Waals surface area contributed by atoms with Crippen LogP contribution in [0.15, 0.2) is 36.5 Å². The number of pyridine rings is 1. The molecule has 0 bridgehead atoms. The van der Waals surface area contributed by atoms with Gasteiger partial charge in [0.1, 0.15) is 24.2 Å². The SMILES string of the molecule is COc1ccc(COc2ccc(F)nc2)cc1C#N. The maximum atomic E-state index is 12.6. The molecular formula is C14H11FN2O2. The first-order valence-electron chi connectivity index (χ1n) is 5.54. The highest BCUT2D eigenvalue weighted by atomic mass is 19.1. The number of hydrogen-bond donors (Lipinski definition) is 0. The molecule has 0 N–H and O–H groups in total. The predicted octanol–water partition coefficient (Wildman–Crippen LogP) is 2.68. The maximum Gasteiger partial charge on any atom is 0.213 e. The van der Waals surface area contributed by atoms with Gasteiger partial charge in [-0.3, -0.25) is 0 Å². The van der Waals surface area contributed by atoms with Gasteiger partial charge in [-0.15, -0.1) is 0 Å². The summed E-state index contributed by atoms with van der Waals surface area (Å²) >= 11 is 0. The van der Waals surface area contributed by atoms with Crippen LogP contribution in [-0.2, 0) is 6.61 Å². The zero-order valence-electron chi connectivity index (χ0n) is 10.3. The van der Waals surface area contributed by atoms with E-state index in [4.69, 9.17) is 14.7 Å². The average Bonchev–Trinajstić information content (AvgIpc) is 2.46. The van der Waals surface area contributed by atoms with E-state index < -0.39 is 5.95 Å². The molecule has 0 fully saturated rings. The van der Waals surface area contributed by atoms with Gasteiger partial charge in [0.05, 0.1) is 18.9 Å². The topological polar surface area (TPSA) is 55.1 Å². The molecule has 19 heavy (non-hydrogen) atoms. The van der Waals surface area contributed by atoms with Gasteiger partial charge < -0.3 is 9.47 Å². The first-order chi connectivity index (χ1) is 9.22. The first-order valence-corrected chi connectivity index (χ1v) is 5.54. The Labute approximate surface area is 110 Å². The van der Waals surface area contributed by atoms with Crippen LogP contribution in [0.25, 0.3) is 0 Å². The molecule has 96 valence electrons. The van der Waals surface area contributed by atoms with Crippen molar-refractivity contribution in [2.75, 3.05) is 7.11 Å². The summed E-state index contributed by atoms with van der Waals surface area (Å²) in [5.74, 6) is 0.439. The predicted molar refractivity (Wildman–Crippen MR) is 66.2 cm³/mol. The average molecular weight is 258 g/mol. The molecule has 2 aromatic rings. The van der Waals surface area contributed by atoms with Gasteiger partial charge in [0.25, 0.3) is 0 Å². The van der Waals surface area contributed by atoms with Gasteiger partial charge >= 0.3 is 0 Å². The third kappa shape index (κ3) is 3.19. The fourth-order valence-electron chi connectivity index (χ4n) is 1.55. The molecule has 2 rings (SSSR count). The minimum atomic E-state index is -0.552. The Hall–Kier alpha value is -2.61. The number of ether oxygens (including phenoxy) is 2. The molecule has 0 atom stereocenters. The highest BCUT2D eigenvalue weighted by Crippen LogP contribution is 2.20. The molecule has 0 aliphatic carbocycles. The van der Waals surface area contributed by atoms with Crippen molar-refractivity contribution >= 4 is 0 Å². The normalized spacial score (nSPS) is 9.74. The lowest BCUT2D eigenvalue weighted by Crippen LogP contribution is -1.98. The summed E-state index contributed by atoms with van der Waals surface area (Å²) < 4.78 is 23.1. The molecule has 1 aromatic carbocycles. The summed E-state index contributed by atoms with van der Waals surface area (Å²) in [4.78, 5) is 3.49. The Morgan fingerprint density at radius 1 is 1.32 bits per heavy atom. The molecule has 4 nitrogen and oxygen atoms in total. The Balaban J connectivity index is 2.08. The Bertz CT molecular complexity index is 606. The molecule has 0 unspecified atom stereocenters. The van der Waals surface area contributed by atoms with E-state index in [1.165, 1.54) is 25.4 Å². The summed E-state index contributed by atoms with van der Waals surface area (Å²) in [6, 6.07) is 9.97. The molecule has 0 saturated heterocycles. The van der Waals surface area contributed by atoms with E-state index in [1.54, 1.807) is 18.2 Å². The van der Waals surface area contributed by atoms with Gasteiger partial charge in [0.2, 0.25) is 5.95 Å². The second-order valence-corrected chi connectivity index (χ2v) is 3.75. The minimum Gasteiger partial charge on any atom is -0.495 e. The van der Waals surface area contributed by atoms with Crippen LogP contribution in [-0.4, -0.2) is 12.1 Å². The molecule has 0 saturated carbocycles. The van der Waals surface area contributed by atoms with Crippen molar-refractivity contribution in [1.29, 1.82) is 5.26 Å². The summed E-state index contributed by atoms with van der Waals surface area (Å²) in [7, 11) is 1.51. The second-order valence-electron chi connectivity index (χ2n) is 3.75. The number of methoxy groups -OCH3 is 1. The van der Waals surface area contributed by atoms with Crippen LogP contribution in [0.5, 0.6) is 11.5 Å². The molecule has 1 aromatic heterocycles. The lowest BCUT2D eigenvalue weighted by atomic mass is 10.1. The highest BCUT2D eigenvalue weighted by Gasteiger charge is 2.04. The molecular weight excluding hydrogens is 247 g/mol. The standard InChI is InChI=1S/C14H11FN2O2/c1-18-13-4-2-10(6-11(13)7-16)9-19-12-3-5-14(15)17-8-12/h2-6,8H,9H2,1H3. The number of nitriles is 1. The van der Waals surface area contributed by atoms with Crippen LogP contribution >= 0.6 is 0 Å². The van der Waals surface area contributed by atoms with Gasteiger partial charge in [0, 0.05) is 0 Å². The van der Waals surface area contributed by atoms with Crippen molar-refractivity contribution in [2.45, 2.75) is 6.61 Å². The van der Waals surface area contributed by atoms with Gasteiger partial charge in [-0.2, -0.15) is 9.65 Å². The van der Waals surface area contributed by atoms with Crippen LogP contribution < -0.4 is 9.47 Å². The van der Waals surface area contributed by atoms with Gasteiger partial charge in [-0.05, 0) is 29.8 Å². The lowest BCUT2D eigenvalue weighted by Gasteiger charge is -2.08. The van der Waals surface area contributed by atoms with Gasteiger partial charge in [-0.1, -0.05) is 6.07 Å². The fraction of sp³-hybridized carbons (Fsp3) is 0.143. The van der Waals surface area contributed by atoms with Crippen molar-refractivity contribution in [3.05, 3.63) is 53.6 Å². The smallest absolute Gasteiger partial charge is 0.213 e. The molecule has 5 heteroatoms. The summed E-state index contributed by atoms with van der Waals surface area (Å²) in [6.45, 7) is 0.270. The van der Waals surface area contributed by atoms with Crippen LogP contribution in [0.4, 0.5) is 4.39 Å². The van der Waals surface area contributed by atoms with E-state index in [9.17, 15) is 4.39 Å². The number of rotatable bonds is 4. The molecule has 0 aliphatic rings. The quantitative estimate of drug-likeness (QED) is 0.791. The maximum absolute atomic E-state index is 12.6. The zero-order chi connectivity index (χ0) is 13.7. The van der Waals surface area contributed by atoms with E-state index in [1.807, 2.05) is 0 Å². The second kappa shape index (κ2) is 5.83. The highest BCUT2D eigenvalue weighted by molar-refractivity contribution is 5.45. The van der Waals surface area contributed by atoms with E-state index >= 15 is 0 Å². The van der Waals surface area contributed by atoms with Gasteiger partial charge in [0.15, 0.2) is 0 Å². The number of halogens is 1. The van der Waals surface area contributed by atoms with E-state index in [2.05, 4.69) is 11.1 Å². The van der Waals surface area contributed by atoms with E-state index in [-0.39, 0.29) is 6.61 Å². The lowest BCUT2D eigenvalue weighted by molar-refractivity contribution is 0.303. The van der Waals surface area contributed by atoms with Crippen molar-refractivity contribution < 1.29 is 13.9 Å². The largest absolute Gasteiger partial charge is 0.495 e. The molecule has 1 heterocycles. The third-order valence-electron chi connectivity index (χ3n) is 2.49. The number of aromatic nitrogens is 1. The van der Waals surface area contributed by atoms with Crippen molar-refractivity contribution in [3.63, 3.8) is 0 Å². The first kappa shape index (κ1) is 12.8. The molecule has 0 spiro atoms. The summed E-state index contributed by atoms with van der Waals surface area (Å²) in [5, 5.41) is 8.97. The molecule has 0 amide bonds. The monoisotopic (exact) mass is 258 g/mol. The van der Waals surface area contributed by atoms with Crippen LogP contribution in [0.2, 0.25) is 0 Å². The third-order valence-corrected chi connectivity index (χ3v) is 2.49. The minimum absolute atomic E-state index is 0.270. The number of nitrogens with zero attached hydrogens (tertiary/aromatic N) is 2. The number of benzene rings is 1. The van der Waals surface area contributed by atoms with Crippen molar-refractivity contribution in [1.82, 2.24) is 4.98 Å². The Morgan fingerprint density at radius 2 is 2.16 bits per heavy atom. The van der Waals surface area contributed by atoms with Crippen LogP contribution in [0.3, 0.4) is 0 Å². The fourth-order valence-corrected chi connectivity index (χ4v) is 1.55. The van der Waals surface area contributed by atoms with E-state index in [0.717, 1.165) is 5.56 Å². The van der Waals surface area contributed by atoms with Crippen molar-refractivity contribution in [2.24, 2.45) is 0 Å². The van der Waals surface area contributed by atoms with Crippen molar-refractivity contribution in [3.8, 4) is 17.6 Å².